The fourth-order valence-corrected chi connectivity index (χ4v) is 2.95. The van der Waals surface area contributed by atoms with Crippen LogP contribution in [0.5, 0.6) is 0 Å². The maximum atomic E-state index is 3.48. The highest BCUT2D eigenvalue weighted by Gasteiger charge is 2.18. The van der Waals surface area contributed by atoms with Crippen LogP contribution in [-0.2, 0) is 5.75 Å². The Morgan fingerprint density at radius 1 is 1.47 bits per heavy atom. The van der Waals surface area contributed by atoms with Gasteiger partial charge in [-0.1, -0.05) is 30.2 Å². The topological polar surface area (TPSA) is 12.0 Å². The van der Waals surface area contributed by atoms with Crippen molar-refractivity contribution in [3.63, 3.8) is 0 Å². The second kappa shape index (κ2) is 5.25. The number of benzene rings is 1. The van der Waals surface area contributed by atoms with Gasteiger partial charge in [-0.2, -0.15) is 11.8 Å². The van der Waals surface area contributed by atoms with Crippen molar-refractivity contribution < 1.29 is 0 Å². The van der Waals surface area contributed by atoms with E-state index in [1.807, 2.05) is 18.7 Å². The van der Waals surface area contributed by atoms with Crippen LogP contribution >= 0.6 is 11.8 Å². The number of hydrogen-bond acceptors (Lipinski definition) is 2. The summed E-state index contributed by atoms with van der Waals surface area (Å²) in [5.41, 5.74) is 2.92. The molecule has 0 aliphatic carbocycles. The Bertz CT molecular complexity index is 389. The van der Waals surface area contributed by atoms with Gasteiger partial charge in [-0.25, -0.2) is 0 Å². The number of hydrogen-bond donors (Lipinski definition) is 1. The van der Waals surface area contributed by atoms with E-state index in [-0.39, 0.29) is 0 Å². The smallest absolute Gasteiger partial charge is 0.0581 e. The quantitative estimate of drug-likeness (QED) is 0.764. The Labute approximate surface area is 95.7 Å². The molecule has 1 atom stereocenters. The van der Waals surface area contributed by atoms with Crippen molar-refractivity contribution in [3.05, 3.63) is 35.4 Å². The van der Waals surface area contributed by atoms with Crippen molar-refractivity contribution in [1.82, 2.24) is 5.32 Å². The van der Waals surface area contributed by atoms with Crippen LogP contribution in [0.3, 0.4) is 0 Å². The summed E-state index contributed by atoms with van der Waals surface area (Å²) in [4.78, 5) is 0. The fraction of sp³-hybridized carbons (Fsp3) is 0.385. The van der Waals surface area contributed by atoms with Gasteiger partial charge in [-0.3, -0.25) is 5.32 Å². The SMILES string of the molecule is CC#CCNC1CSCc2ccccc21. The van der Waals surface area contributed by atoms with Crippen molar-refractivity contribution in [2.24, 2.45) is 0 Å². The molecule has 2 heteroatoms. The van der Waals surface area contributed by atoms with Crippen LogP contribution in [0.1, 0.15) is 24.1 Å². The van der Waals surface area contributed by atoms with Gasteiger partial charge in [0.1, 0.15) is 0 Å². The third kappa shape index (κ3) is 2.56. The summed E-state index contributed by atoms with van der Waals surface area (Å²) in [6, 6.07) is 9.16. The van der Waals surface area contributed by atoms with Crippen LogP contribution in [-0.4, -0.2) is 12.3 Å². The minimum Gasteiger partial charge on any atom is -0.298 e. The van der Waals surface area contributed by atoms with E-state index < -0.39 is 0 Å². The minimum absolute atomic E-state index is 0.473. The standard InChI is InChI=1S/C13H15NS/c1-2-3-8-14-13-10-15-9-11-6-4-5-7-12(11)13/h4-7,13-14H,8-10H2,1H3. The van der Waals surface area contributed by atoms with Crippen LogP contribution in [0.4, 0.5) is 0 Å². The number of nitrogens with one attached hydrogen (secondary N) is 1. The third-order valence-corrected chi connectivity index (χ3v) is 3.67. The molecule has 1 N–H and O–H groups in total. The summed E-state index contributed by atoms with van der Waals surface area (Å²) in [5.74, 6) is 8.27. The molecule has 1 aliphatic heterocycles. The average Bonchev–Trinajstić information content (AvgIpc) is 2.30. The highest BCUT2D eigenvalue weighted by Crippen LogP contribution is 2.31. The van der Waals surface area contributed by atoms with Gasteiger partial charge in [-0.05, 0) is 18.1 Å². The second-order valence-electron chi connectivity index (χ2n) is 3.57. The van der Waals surface area contributed by atoms with Gasteiger partial charge in [0.05, 0.1) is 6.54 Å². The first-order valence-electron chi connectivity index (χ1n) is 5.20. The van der Waals surface area contributed by atoms with Crippen LogP contribution in [0.25, 0.3) is 0 Å². The molecule has 1 aliphatic rings. The maximum absolute atomic E-state index is 3.48. The summed E-state index contributed by atoms with van der Waals surface area (Å²) in [7, 11) is 0. The Balaban J connectivity index is 2.10. The van der Waals surface area contributed by atoms with Crippen molar-refractivity contribution in [3.8, 4) is 11.8 Å². The van der Waals surface area contributed by atoms with Crippen molar-refractivity contribution in [2.45, 2.75) is 18.7 Å². The summed E-state index contributed by atoms with van der Waals surface area (Å²) < 4.78 is 0. The second-order valence-corrected chi connectivity index (χ2v) is 4.60. The van der Waals surface area contributed by atoms with E-state index in [0.717, 1.165) is 18.1 Å². The molecule has 0 saturated heterocycles. The summed E-state index contributed by atoms with van der Waals surface area (Å²) >= 11 is 1.99. The van der Waals surface area contributed by atoms with E-state index in [0.29, 0.717) is 6.04 Å². The Morgan fingerprint density at radius 2 is 2.33 bits per heavy atom. The van der Waals surface area contributed by atoms with Crippen LogP contribution in [0, 0.1) is 11.8 Å². The van der Waals surface area contributed by atoms with Crippen molar-refractivity contribution >= 4 is 11.8 Å². The first-order chi connectivity index (χ1) is 7.42. The highest BCUT2D eigenvalue weighted by atomic mass is 32.2. The summed E-state index contributed by atoms with van der Waals surface area (Å²) in [6.07, 6.45) is 0. The lowest BCUT2D eigenvalue weighted by Gasteiger charge is -2.25. The van der Waals surface area contributed by atoms with E-state index >= 15 is 0 Å². The molecule has 1 heterocycles. The first kappa shape index (κ1) is 10.6. The molecule has 1 aromatic carbocycles. The monoisotopic (exact) mass is 217 g/mol. The highest BCUT2D eigenvalue weighted by molar-refractivity contribution is 7.98. The molecule has 0 fully saturated rings. The lowest BCUT2D eigenvalue weighted by Crippen LogP contribution is -2.26. The van der Waals surface area contributed by atoms with Crippen LogP contribution in [0.2, 0.25) is 0 Å². The van der Waals surface area contributed by atoms with E-state index in [4.69, 9.17) is 0 Å². The number of rotatable bonds is 2. The van der Waals surface area contributed by atoms with Gasteiger partial charge >= 0.3 is 0 Å². The zero-order valence-electron chi connectivity index (χ0n) is 8.92. The van der Waals surface area contributed by atoms with Gasteiger partial charge in [0, 0.05) is 17.5 Å². The van der Waals surface area contributed by atoms with Crippen LogP contribution in [0.15, 0.2) is 24.3 Å². The van der Waals surface area contributed by atoms with Gasteiger partial charge in [0.15, 0.2) is 0 Å². The maximum Gasteiger partial charge on any atom is 0.0581 e. The molecule has 0 radical (unpaired) electrons. The zero-order valence-corrected chi connectivity index (χ0v) is 9.73. The normalized spacial score (nSPS) is 18.9. The van der Waals surface area contributed by atoms with E-state index in [2.05, 4.69) is 41.4 Å². The lowest BCUT2D eigenvalue weighted by atomic mass is 10.0. The molecule has 1 nitrogen and oxygen atoms in total. The van der Waals surface area contributed by atoms with E-state index in [9.17, 15) is 0 Å². The molecule has 0 bridgehead atoms. The number of fused-ring (bicyclic) bond motifs is 1. The average molecular weight is 217 g/mol. The molecule has 0 aromatic heterocycles. The molecule has 15 heavy (non-hydrogen) atoms. The first-order valence-corrected chi connectivity index (χ1v) is 6.36. The third-order valence-electron chi connectivity index (χ3n) is 2.59. The molecule has 0 spiro atoms. The molecule has 0 amide bonds. The minimum atomic E-state index is 0.473. The fourth-order valence-electron chi connectivity index (χ4n) is 1.81. The van der Waals surface area contributed by atoms with E-state index in [1.165, 1.54) is 11.1 Å². The van der Waals surface area contributed by atoms with E-state index in [1.54, 1.807) is 0 Å². The molecular weight excluding hydrogens is 202 g/mol. The van der Waals surface area contributed by atoms with Gasteiger partial charge in [0.2, 0.25) is 0 Å². The Hall–Kier alpha value is -0.910. The predicted molar refractivity (Wildman–Crippen MR) is 66.8 cm³/mol. The molecule has 0 saturated carbocycles. The van der Waals surface area contributed by atoms with Crippen LogP contribution < -0.4 is 5.32 Å². The Morgan fingerprint density at radius 3 is 3.20 bits per heavy atom. The lowest BCUT2D eigenvalue weighted by molar-refractivity contribution is 0.623. The molecule has 78 valence electrons. The van der Waals surface area contributed by atoms with Gasteiger partial charge in [0.25, 0.3) is 0 Å². The largest absolute Gasteiger partial charge is 0.298 e. The molecular formula is C13H15NS. The molecule has 1 aromatic rings. The Kier molecular flexibility index (Phi) is 3.71. The predicted octanol–water partition coefficient (Wildman–Crippen LogP) is 2.59. The summed E-state index contributed by atoms with van der Waals surface area (Å²) in [6.45, 7) is 2.67. The number of thioether (sulfide) groups is 1. The molecule has 1 unspecified atom stereocenters. The van der Waals surface area contributed by atoms with Gasteiger partial charge < -0.3 is 0 Å². The summed E-state index contributed by atoms with van der Waals surface area (Å²) in [5, 5.41) is 3.48. The van der Waals surface area contributed by atoms with Crippen molar-refractivity contribution in [1.29, 1.82) is 0 Å². The van der Waals surface area contributed by atoms with Crippen molar-refractivity contribution in [2.75, 3.05) is 12.3 Å². The van der Waals surface area contributed by atoms with Gasteiger partial charge in [-0.15, -0.1) is 5.92 Å². The zero-order chi connectivity index (χ0) is 10.5. The molecule has 2 rings (SSSR count).